The second kappa shape index (κ2) is 8.83. The molecule has 1 N–H and O–H groups in total. The Balaban J connectivity index is 1.59. The van der Waals surface area contributed by atoms with E-state index in [1.54, 1.807) is 25.3 Å². The summed E-state index contributed by atoms with van der Waals surface area (Å²) in [6.45, 7) is 5.21. The third kappa shape index (κ3) is 4.86. The van der Waals surface area contributed by atoms with E-state index < -0.39 is 0 Å². The maximum atomic E-state index is 12.7. The van der Waals surface area contributed by atoms with Gasteiger partial charge in [-0.3, -0.25) is 9.69 Å². The van der Waals surface area contributed by atoms with Crippen LogP contribution in [0.15, 0.2) is 42.5 Å². The molecule has 1 aliphatic heterocycles. The van der Waals surface area contributed by atoms with Gasteiger partial charge in [0.1, 0.15) is 5.75 Å². The van der Waals surface area contributed by atoms with E-state index in [9.17, 15) is 4.79 Å². The third-order valence-electron chi connectivity index (χ3n) is 4.83. The molecule has 2 aromatic rings. The number of ether oxygens (including phenoxy) is 1. The number of carbonyl (C=O) groups excluding carboxylic acids is 1. The van der Waals surface area contributed by atoms with E-state index in [0.717, 1.165) is 36.9 Å². The second-order valence-corrected chi connectivity index (χ2v) is 7.39. The van der Waals surface area contributed by atoms with E-state index in [4.69, 9.17) is 27.9 Å². The zero-order chi connectivity index (χ0) is 19.4. The molecule has 0 saturated carbocycles. The standard InChI is InChI=1S/C20H23Cl2N3O2/c1-14(20(26)23-18-13-16(22)6-7-19(18)27-2)24-8-10-25(11-9-24)17-5-3-4-15(21)12-17/h3-7,12-14H,8-11H2,1-2H3,(H,23,26). The van der Waals surface area contributed by atoms with Crippen LogP contribution < -0.4 is 15.0 Å². The molecule has 2 aromatic carbocycles. The number of hydrogen-bond acceptors (Lipinski definition) is 4. The SMILES string of the molecule is COc1ccc(Cl)cc1NC(=O)C(C)N1CCN(c2cccc(Cl)c2)CC1. The summed E-state index contributed by atoms with van der Waals surface area (Å²) >= 11 is 12.1. The largest absolute Gasteiger partial charge is 0.495 e. The minimum Gasteiger partial charge on any atom is -0.495 e. The van der Waals surface area contributed by atoms with E-state index in [2.05, 4.69) is 21.2 Å². The van der Waals surface area contributed by atoms with Crippen LogP contribution in [0.2, 0.25) is 10.0 Å². The van der Waals surface area contributed by atoms with Crippen LogP contribution in [0.5, 0.6) is 5.75 Å². The molecule has 27 heavy (non-hydrogen) atoms. The number of rotatable bonds is 5. The van der Waals surface area contributed by atoms with E-state index in [0.29, 0.717) is 16.5 Å². The highest BCUT2D eigenvalue weighted by Crippen LogP contribution is 2.28. The van der Waals surface area contributed by atoms with Crippen molar-refractivity contribution in [2.24, 2.45) is 0 Å². The molecule has 1 saturated heterocycles. The lowest BCUT2D eigenvalue weighted by Gasteiger charge is -2.38. The number of benzene rings is 2. The summed E-state index contributed by atoms with van der Waals surface area (Å²) in [5.74, 6) is 0.512. The van der Waals surface area contributed by atoms with Gasteiger partial charge in [0, 0.05) is 41.9 Å². The minimum absolute atomic E-state index is 0.0771. The maximum absolute atomic E-state index is 12.7. The average Bonchev–Trinajstić information content (AvgIpc) is 2.67. The van der Waals surface area contributed by atoms with Crippen molar-refractivity contribution in [3.8, 4) is 5.75 Å². The Hall–Kier alpha value is -1.95. The fourth-order valence-corrected chi connectivity index (χ4v) is 3.58. The van der Waals surface area contributed by atoms with Gasteiger partial charge in [-0.1, -0.05) is 29.3 Å². The van der Waals surface area contributed by atoms with Crippen molar-refractivity contribution in [1.29, 1.82) is 0 Å². The summed E-state index contributed by atoms with van der Waals surface area (Å²) in [5.41, 5.74) is 1.70. The molecule has 1 heterocycles. The Labute approximate surface area is 169 Å². The number of hydrogen-bond donors (Lipinski definition) is 1. The molecule has 144 valence electrons. The fourth-order valence-electron chi connectivity index (χ4n) is 3.22. The van der Waals surface area contributed by atoms with E-state index in [1.165, 1.54) is 0 Å². The summed E-state index contributed by atoms with van der Waals surface area (Å²) in [6.07, 6.45) is 0. The second-order valence-electron chi connectivity index (χ2n) is 6.51. The van der Waals surface area contributed by atoms with Gasteiger partial charge in [0.2, 0.25) is 5.91 Å². The van der Waals surface area contributed by atoms with Gasteiger partial charge in [-0.15, -0.1) is 0 Å². The normalized spacial score (nSPS) is 16.1. The summed E-state index contributed by atoms with van der Waals surface area (Å²) in [5, 5.41) is 4.21. The van der Waals surface area contributed by atoms with Crippen LogP contribution in [0.1, 0.15) is 6.92 Å². The molecule has 7 heteroatoms. The number of nitrogens with one attached hydrogen (secondary N) is 1. The van der Waals surface area contributed by atoms with Gasteiger partial charge >= 0.3 is 0 Å². The predicted octanol–water partition coefficient (Wildman–Crippen LogP) is 4.15. The van der Waals surface area contributed by atoms with E-state index in [1.807, 2.05) is 25.1 Å². The number of amides is 1. The Morgan fingerprint density at radius 3 is 2.44 bits per heavy atom. The van der Waals surface area contributed by atoms with Crippen molar-refractivity contribution in [1.82, 2.24) is 4.90 Å². The highest BCUT2D eigenvalue weighted by Gasteiger charge is 2.26. The molecule has 1 atom stereocenters. The van der Waals surface area contributed by atoms with Crippen LogP contribution in [0.3, 0.4) is 0 Å². The zero-order valence-corrected chi connectivity index (χ0v) is 16.9. The Morgan fingerprint density at radius 1 is 1.07 bits per heavy atom. The lowest BCUT2D eigenvalue weighted by molar-refractivity contribution is -0.120. The lowest BCUT2D eigenvalue weighted by atomic mass is 10.2. The quantitative estimate of drug-likeness (QED) is 0.808. The van der Waals surface area contributed by atoms with Gasteiger partial charge in [0.25, 0.3) is 0 Å². The molecule has 1 fully saturated rings. The molecule has 0 spiro atoms. The zero-order valence-electron chi connectivity index (χ0n) is 15.4. The Bertz CT molecular complexity index is 808. The molecular formula is C20H23Cl2N3O2. The number of anilines is 2. The Kier molecular flexibility index (Phi) is 6.47. The van der Waals surface area contributed by atoms with Crippen LogP contribution in [0, 0.1) is 0 Å². The molecule has 1 amide bonds. The van der Waals surface area contributed by atoms with Crippen LogP contribution in [-0.2, 0) is 4.79 Å². The first-order valence-corrected chi connectivity index (χ1v) is 9.62. The van der Waals surface area contributed by atoms with Gasteiger partial charge in [0.05, 0.1) is 18.8 Å². The number of halogens is 2. The summed E-state index contributed by atoms with van der Waals surface area (Å²) in [4.78, 5) is 17.2. The van der Waals surface area contributed by atoms with Gasteiger partial charge < -0.3 is 15.0 Å². The smallest absolute Gasteiger partial charge is 0.241 e. The molecule has 0 radical (unpaired) electrons. The lowest BCUT2D eigenvalue weighted by Crippen LogP contribution is -2.52. The molecule has 1 aliphatic rings. The van der Waals surface area contributed by atoms with Crippen molar-refractivity contribution in [3.63, 3.8) is 0 Å². The summed E-state index contributed by atoms with van der Waals surface area (Å²) < 4.78 is 5.29. The first kappa shape index (κ1) is 19.8. The number of methoxy groups -OCH3 is 1. The molecule has 1 unspecified atom stereocenters. The van der Waals surface area contributed by atoms with E-state index >= 15 is 0 Å². The Morgan fingerprint density at radius 2 is 1.78 bits per heavy atom. The van der Waals surface area contributed by atoms with Crippen LogP contribution >= 0.6 is 23.2 Å². The highest BCUT2D eigenvalue weighted by molar-refractivity contribution is 6.31. The average molecular weight is 408 g/mol. The van der Waals surface area contributed by atoms with Crippen LogP contribution in [-0.4, -0.2) is 50.1 Å². The van der Waals surface area contributed by atoms with E-state index in [-0.39, 0.29) is 11.9 Å². The number of carbonyl (C=O) groups is 1. The van der Waals surface area contributed by atoms with Crippen molar-refractivity contribution in [2.75, 3.05) is 43.5 Å². The van der Waals surface area contributed by atoms with Crippen LogP contribution in [0.25, 0.3) is 0 Å². The van der Waals surface area contributed by atoms with Gasteiger partial charge in [-0.25, -0.2) is 0 Å². The maximum Gasteiger partial charge on any atom is 0.241 e. The van der Waals surface area contributed by atoms with Crippen molar-refractivity contribution in [3.05, 3.63) is 52.5 Å². The highest BCUT2D eigenvalue weighted by atomic mass is 35.5. The molecule has 0 aromatic heterocycles. The molecule has 5 nitrogen and oxygen atoms in total. The molecular weight excluding hydrogens is 385 g/mol. The monoisotopic (exact) mass is 407 g/mol. The molecule has 3 rings (SSSR count). The number of piperazine rings is 1. The summed E-state index contributed by atoms with van der Waals surface area (Å²) in [7, 11) is 1.57. The van der Waals surface area contributed by atoms with Gasteiger partial charge in [-0.2, -0.15) is 0 Å². The summed E-state index contributed by atoms with van der Waals surface area (Å²) in [6, 6.07) is 12.8. The topological polar surface area (TPSA) is 44.8 Å². The number of nitrogens with zero attached hydrogens (tertiary/aromatic N) is 2. The van der Waals surface area contributed by atoms with Gasteiger partial charge in [-0.05, 0) is 43.3 Å². The van der Waals surface area contributed by atoms with Crippen molar-refractivity contribution in [2.45, 2.75) is 13.0 Å². The predicted molar refractivity (Wildman–Crippen MR) is 111 cm³/mol. The first-order chi connectivity index (χ1) is 13.0. The van der Waals surface area contributed by atoms with Crippen molar-refractivity contribution >= 4 is 40.5 Å². The molecule has 0 bridgehead atoms. The third-order valence-corrected chi connectivity index (χ3v) is 5.30. The van der Waals surface area contributed by atoms with Gasteiger partial charge in [0.15, 0.2) is 0 Å². The molecule has 0 aliphatic carbocycles. The minimum atomic E-state index is -0.254. The van der Waals surface area contributed by atoms with Crippen molar-refractivity contribution < 1.29 is 9.53 Å². The van der Waals surface area contributed by atoms with Crippen LogP contribution in [0.4, 0.5) is 11.4 Å². The first-order valence-electron chi connectivity index (χ1n) is 8.87. The fraction of sp³-hybridized carbons (Fsp3) is 0.350.